The molecule has 1 aliphatic rings. The molecule has 0 saturated carbocycles. The van der Waals surface area contributed by atoms with Gasteiger partial charge in [-0.2, -0.15) is 0 Å². The van der Waals surface area contributed by atoms with Crippen LogP contribution in [0.2, 0.25) is 0 Å². The zero-order valence-corrected chi connectivity index (χ0v) is 14.1. The number of amides is 1. The van der Waals surface area contributed by atoms with Gasteiger partial charge in [0, 0.05) is 5.56 Å². The van der Waals surface area contributed by atoms with Gasteiger partial charge in [0.15, 0.2) is 11.5 Å². The van der Waals surface area contributed by atoms with Crippen molar-refractivity contribution in [3.8, 4) is 11.5 Å². The molecule has 3 aromatic carbocycles. The number of carboxylic acid groups (broad SMARTS) is 1. The fourth-order valence-electron chi connectivity index (χ4n) is 2.93. The van der Waals surface area contributed by atoms with E-state index in [1.54, 1.807) is 30.3 Å². The number of fused-ring (bicyclic) bond motifs is 2. The van der Waals surface area contributed by atoms with Crippen molar-refractivity contribution >= 4 is 28.7 Å². The van der Waals surface area contributed by atoms with Crippen LogP contribution in [0.3, 0.4) is 0 Å². The lowest BCUT2D eigenvalue weighted by molar-refractivity contribution is -0.132. The Bertz CT molecular complexity index is 1080. The van der Waals surface area contributed by atoms with E-state index >= 15 is 0 Å². The van der Waals surface area contributed by atoms with Crippen LogP contribution in [0.5, 0.6) is 11.5 Å². The molecule has 6 heteroatoms. The molecule has 2 N–H and O–H groups in total. The summed E-state index contributed by atoms with van der Waals surface area (Å²) in [6, 6.07) is 17.8. The van der Waals surface area contributed by atoms with Gasteiger partial charge in [0.05, 0.1) is 0 Å². The number of aliphatic carboxylic acids is 1. The molecular weight excluding hydrogens is 346 g/mol. The Kier molecular flexibility index (Phi) is 4.22. The monoisotopic (exact) mass is 361 g/mol. The molecule has 0 bridgehead atoms. The average molecular weight is 361 g/mol. The van der Waals surface area contributed by atoms with Gasteiger partial charge < -0.3 is 19.9 Å². The highest BCUT2D eigenvalue weighted by molar-refractivity contribution is 6.10. The van der Waals surface area contributed by atoms with E-state index < -0.39 is 11.9 Å². The number of carbonyl (C=O) groups excluding carboxylic acids is 1. The molecule has 0 unspecified atom stereocenters. The maximum absolute atomic E-state index is 12.7. The van der Waals surface area contributed by atoms with Crippen molar-refractivity contribution in [1.82, 2.24) is 5.32 Å². The lowest BCUT2D eigenvalue weighted by Gasteiger charge is -2.09. The number of ether oxygens (including phenoxy) is 2. The first-order valence-corrected chi connectivity index (χ1v) is 8.25. The summed E-state index contributed by atoms with van der Waals surface area (Å²) in [6.07, 6.45) is 1.38. The van der Waals surface area contributed by atoms with Gasteiger partial charge in [0.25, 0.3) is 5.91 Å². The Labute approximate surface area is 154 Å². The van der Waals surface area contributed by atoms with Crippen molar-refractivity contribution in [2.45, 2.75) is 0 Å². The third kappa shape index (κ3) is 3.32. The first kappa shape index (κ1) is 16.7. The quantitative estimate of drug-likeness (QED) is 0.696. The van der Waals surface area contributed by atoms with Gasteiger partial charge in [-0.3, -0.25) is 4.79 Å². The van der Waals surface area contributed by atoms with Crippen LogP contribution in [-0.4, -0.2) is 23.8 Å². The molecule has 1 aliphatic heterocycles. The Balaban J connectivity index is 1.65. The summed E-state index contributed by atoms with van der Waals surface area (Å²) in [5.74, 6) is -0.583. The van der Waals surface area contributed by atoms with Gasteiger partial charge in [-0.05, 0) is 40.6 Å². The minimum absolute atomic E-state index is 0.131. The van der Waals surface area contributed by atoms with E-state index in [-0.39, 0.29) is 12.5 Å². The second-order valence-corrected chi connectivity index (χ2v) is 5.96. The minimum Gasteiger partial charge on any atom is -0.477 e. The molecule has 0 spiro atoms. The van der Waals surface area contributed by atoms with E-state index in [2.05, 4.69) is 5.32 Å². The molecule has 0 aliphatic carbocycles. The van der Waals surface area contributed by atoms with Crippen molar-refractivity contribution in [1.29, 1.82) is 0 Å². The van der Waals surface area contributed by atoms with Crippen molar-refractivity contribution in [2.24, 2.45) is 0 Å². The minimum atomic E-state index is -1.23. The zero-order valence-electron chi connectivity index (χ0n) is 14.1. The Morgan fingerprint density at radius 1 is 0.963 bits per heavy atom. The molecule has 0 aromatic heterocycles. The summed E-state index contributed by atoms with van der Waals surface area (Å²) >= 11 is 0. The van der Waals surface area contributed by atoms with Crippen molar-refractivity contribution < 1.29 is 24.2 Å². The first-order valence-electron chi connectivity index (χ1n) is 8.25. The lowest BCUT2D eigenvalue weighted by Crippen LogP contribution is -2.27. The highest BCUT2D eigenvalue weighted by Gasteiger charge is 2.17. The number of rotatable bonds is 4. The molecular formula is C21H15NO5. The fraction of sp³-hybridized carbons (Fsp3) is 0.0476. The third-order valence-electron chi connectivity index (χ3n) is 4.22. The van der Waals surface area contributed by atoms with Crippen LogP contribution < -0.4 is 14.8 Å². The average Bonchev–Trinajstić information content (AvgIpc) is 3.14. The smallest absolute Gasteiger partial charge is 0.352 e. The van der Waals surface area contributed by atoms with E-state index in [1.165, 1.54) is 6.08 Å². The van der Waals surface area contributed by atoms with Crippen molar-refractivity contribution in [2.75, 3.05) is 6.79 Å². The molecule has 6 nitrogen and oxygen atoms in total. The molecule has 134 valence electrons. The van der Waals surface area contributed by atoms with Gasteiger partial charge in [-0.1, -0.05) is 42.5 Å². The maximum atomic E-state index is 12.7. The second kappa shape index (κ2) is 6.84. The first-order chi connectivity index (χ1) is 13.1. The summed E-state index contributed by atoms with van der Waals surface area (Å²) in [7, 11) is 0. The predicted octanol–water partition coefficient (Wildman–Crippen LogP) is 3.42. The molecule has 1 heterocycles. The van der Waals surface area contributed by atoms with Gasteiger partial charge in [-0.15, -0.1) is 0 Å². The van der Waals surface area contributed by atoms with Gasteiger partial charge in [-0.25, -0.2) is 4.79 Å². The number of benzene rings is 3. The maximum Gasteiger partial charge on any atom is 0.352 e. The molecule has 0 atom stereocenters. The molecule has 27 heavy (non-hydrogen) atoms. The topological polar surface area (TPSA) is 84.9 Å². The van der Waals surface area contributed by atoms with Crippen LogP contribution >= 0.6 is 0 Å². The summed E-state index contributed by atoms with van der Waals surface area (Å²) in [4.78, 5) is 24.3. The highest BCUT2D eigenvalue weighted by atomic mass is 16.7. The van der Waals surface area contributed by atoms with Crippen LogP contribution in [0, 0.1) is 0 Å². The highest BCUT2D eigenvalue weighted by Crippen LogP contribution is 2.33. The largest absolute Gasteiger partial charge is 0.477 e. The van der Waals surface area contributed by atoms with E-state index in [1.807, 2.05) is 30.3 Å². The van der Waals surface area contributed by atoms with Gasteiger partial charge in [0.1, 0.15) is 5.70 Å². The Hall–Kier alpha value is -3.80. The van der Waals surface area contributed by atoms with E-state index in [0.29, 0.717) is 22.6 Å². The zero-order chi connectivity index (χ0) is 18.8. The van der Waals surface area contributed by atoms with E-state index in [0.717, 1.165) is 10.8 Å². The van der Waals surface area contributed by atoms with Crippen LogP contribution in [0.15, 0.2) is 66.4 Å². The predicted molar refractivity (Wildman–Crippen MR) is 99.6 cm³/mol. The summed E-state index contributed by atoms with van der Waals surface area (Å²) in [6.45, 7) is 0.131. The summed E-state index contributed by atoms with van der Waals surface area (Å²) in [5, 5.41) is 13.6. The number of carbonyl (C=O) groups is 2. The second-order valence-electron chi connectivity index (χ2n) is 5.96. The van der Waals surface area contributed by atoms with Crippen molar-refractivity contribution in [3.05, 3.63) is 77.5 Å². The molecule has 1 amide bonds. The van der Waals surface area contributed by atoms with Crippen LogP contribution in [0.4, 0.5) is 0 Å². The number of carboxylic acids is 1. The SMILES string of the molecule is O=C(O)C(=Cc1ccc2c(c1)OCO2)NC(=O)c1cccc2ccccc12. The summed E-state index contributed by atoms with van der Waals surface area (Å²) < 4.78 is 10.5. The standard InChI is InChI=1S/C21H15NO5/c23-20(16-7-3-5-14-4-1-2-6-15(14)16)22-17(21(24)25)10-13-8-9-18-19(11-13)27-12-26-18/h1-11H,12H2,(H,22,23)(H,24,25). The molecule has 0 fully saturated rings. The Morgan fingerprint density at radius 2 is 1.74 bits per heavy atom. The lowest BCUT2D eigenvalue weighted by atomic mass is 10.0. The van der Waals surface area contributed by atoms with E-state index in [9.17, 15) is 14.7 Å². The molecule has 0 radical (unpaired) electrons. The number of nitrogens with one attached hydrogen (secondary N) is 1. The Morgan fingerprint density at radius 3 is 2.59 bits per heavy atom. The van der Waals surface area contributed by atoms with Crippen LogP contribution in [0.25, 0.3) is 16.8 Å². The number of hydrogen-bond donors (Lipinski definition) is 2. The normalized spacial score (nSPS) is 12.8. The number of hydrogen-bond acceptors (Lipinski definition) is 4. The van der Waals surface area contributed by atoms with Crippen LogP contribution in [-0.2, 0) is 4.79 Å². The third-order valence-corrected chi connectivity index (χ3v) is 4.22. The fourth-order valence-corrected chi connectivity index (χ4v) is 2.93. The summed E-state index contributed by atoms with van der Waals surface area (Å²) in [5.41, 5.74) is 0.757. The molecule has 4 rings (SSSR count). The van der Waals surface area contributed by atoms with E-state index in [4.69, 9.17) is 9.47 Å². The molecule has 3 aromatic rings. The molecule has 0 saturated heterocycles. The van der Waals surface area contributed by atoms with Crippen LogP contribution in [0.1, 0.15) is 15.9 Å². The van der Waals surface area contributed by atoms with Gasteiger partial charge >= 0.3 is 5.97 Å². The van der Waals surface area contributed by atoms with Crippen molar-refractivity contribution in [3.63, 3.8) is 0 Å². The van der Waals surface area contributed by atoms with Gasteiger partial charge in [0.2, 0.25) is 6.79 Å².